The van der Waals surface area contributed by atoms with Gasteiger partial charge in [0.05, 0.1) is 5.69 Å². The minimum absolute atomic E-state index is 0.598. The first-order chi connectivity index (χ1) is 12.5. The summed E-state index contributed by atoms with van der Waals surface area (Å²) < 4.78 is 0. The van der Waals surface area contributed by atoms with Crippen LogP contribution in [0.1, 0.15) is 30.9 Å². The van der Waals surface area contributed by atoms with Gasteiger partial charge in [-0.3, -0.25) is 0 Å². The number of nitrogens with two attached hydrogens (primary N) is 1. The van der Waals surface area contributed by atoms with Crippen molar-refractivity contribution >= 4 is 17.5 Å². The molecule has 0 aliphatic carbocycles. The first-order valence-electron chi connectivity index (χ1n) is 8.53. The molecular formula is C23H26N2O. The number of aryl methyl sites for hydroxylation is 1. The van der Waals surface area contributed by atoms with E-state index in [1.807, 2.05) is 48.5 Å². The standard InChI is InChI=1S/C9H13N.C7H5NO.C7H8/c1-7(2)8-3-5-9(10)6-4-8;9-6-8-7-4-2-1-3-5-7;1-7-5-3-2-4-6-7/h3-7H,10H2,1-2H3;1-5H;2-6H,1H3. The maximum absolute atomic E-state index is 9.68. The van der Waals surface area contributed by atoms with Crippen LogP contribution < -0.4 is 5.73 Å². The Labute approximate surface area is 156 Å². The molecule has 0 radical (unpaired) electrons. The van der Waals surface area contributed by atoms with Crippen molar-refractivity contribution in [3.05, 3.63) is 96.1 Å². The number of para-hydroxylation sites is 1. The summed E-state index contributed by atoms with van der Waals surface area (Å²) >= 11 is 0. The number of benzene rings is 3. The second kappa shape index (κ2) is 12.2. The summed E-state index contributed by atoms with van der Waals surface area (Å²) in [7, 11) is 0. The van der Waals surface area contributed by atoms with Crippen molar-refractivity contribution in [1.82, 2.24) is 0 Å². The van der Waals surface area contributed by atoms with E-state index in [1.54, 1.807) is 12.1 Å². The van der Waals surface area contributed by atoms with Gasteiger partial charge in [0.1, 0.15) is 0 Å². The quantitative estimate of drug-likeness (QED) is 0.349. The number of carbonyl (C=O) groups excluding carboxylic acids is 1. The Balaban J connectivity index is 0.000000198. The molecule has 0 spiro atoms. The van der Waals surface area contributed by atoms with Crippen LogP contribution in [0, 0.1) is 6.92 Å². The number of nitrogens with zero attached hydrogens (tertiary/aromatic N) is 1. The second-order valence-electron chi connectivity index (χ2n) is 6.01. The van der Waals surface area contributed by atoms with Gasteiger partial charge in [0, 0.05) is 5.69 Å². The van der Waals surface area contributed by atoms with E-state index in [-0.39, 0.29) is 0 Å². The maximum Gasteiger partial charge on any atom is 0.240 e. The van der Waals surface area contributed by atoms with Gasteiger partial charge < -0.3 is 5.73 Å². The third kappa shape index (κ3) is 9.21. The van der Waals surface area contributed by atoms with Gasteiger partial charge in [-0.2, -0.15) is 4.99 Å². The Morgan fingerprint density at radius 1 is 0.808 bits per heavy atom. The van der Waals surface area contributed by atoms with Crippen LogP contribution >= 0.6 is 0 Å². The summed E-state index contributed by atoms with van der Waals surface area (Å²) in [4.78, 5) is 13.1. The molecule has 3 rings (SSSR count). The fourth-order valence-electron chi connectivity index (χ4n) is 1.97. The molecule has 0 fully saturated rings. The number of anilines is 1. The Morgan fingerprint density at radius 3 is 1.69 bits per heavy atom. The van der Waals surface area contributed by atoms with E-state index in [0.29, 0.717) is 11.6 Å². The van der Waals surface area contributed by atoms with Crippen LogP contribution in [-0.2, 0) is 4.79 Å². The number of rotatable bonds is 2. The third-order valence-electron chi connectivity index (χ3n) is 3.47. The zero-order chi connectivity index (χ0) is 19.2. The van der Waals surface area contributed by atoms with Crippen LogP contribution in [0.5, 0.6) is 0 Å². The molecule has 3 nitrogen and oxygen atoms in total. The molecule has 0 saturated carbocycles. The molecule has 0 aromatic heterocycles. The summed E-state index contributed by atoms with van der Waals surface area (Å²) in [5.74, 6) is 0.598. The molecule has 26 heavy (non-hydrogen) atoms. The Kier molecular flexibility index (Phi) is 9.83. The van der Waals surface area contributed by atoms with E-state index < -0.39 is 0 Å². The molecule has 3 aromatic carbocycles. The summed E-state index contributed by atoms with van der Waals surface area (Å²) in [5, 5.41) is 0. The summed E-state index contributed by atoms with van der Waals surface area (Å²) in [5.41, 5.74) is 9.67. The molecular weight excluding hydrogens is 320 g/mol. The van der Waals surface area contributed by atoms with Crippen LogP contribution in [-0.4, -0.2) is 6.08 Å². The van der Waals surface area contributed by atoms with E-state index in [0.717, 1.165) is 5.69 Å². The molecule has 0 heterocycles. The summed E-state index contributed by atoms with van der Waals surface area (Å²) in [6.45, 7) is 6.43. The SMILES string of the molecule is CC(C)c1ccc(N)cc1.Cc1ccccc1.O=C=Nc1ccccc1. The minimum atomic E-state index is 0.598. The second-order valence-corrected chi connectivity index (χ2v) is 6.01. The lowest BCUT2D eigenvalue weighted by Gasteiger charge is -2.03. The van der Waals surface area contributed by atoms with Crippen LogP contribution in [0.2, 0.25) is 0 Å². The molecule has 3 aromatic rings. The van der Waals surface area contributed by atoms with E-state index >= 15 is 0 Å². The fourth-order valence-corrected chi connectivity index (χ4v) is 1.97. The predicted molar refractivity (Wildman–Crippen MR) is 110 cm³/mol. The smallest absolute Gasteiger partial charge is 0.240 e. The van der Waals surface area contributed by atoms with Gasteiger partial charge in [0.15, 0.2) is 0 Å². The predicted octanol–water partition coefficient (Wildman–Crippen LogP) is 6.04. The highest BCUT2D eigenvalue weighted by Gasteiger charge is 1.95. The maximum atomic E-state index is 9.68. The van der Waals surface area contributed by atoms with Crippen molar-refractivity contribution < 1.29 is 4.79 Å². The topological polar surface area (TPSA) is 55.5 Å². The molecule has 0 amide bonds. The van der Waals surface area contributed by atoms with Gasteiger partial charge >= 0.3 is 0 Å². The fraction of sp³-hybridized carbons (Fsp3) is 0.174. The van der Waals surface area contributed by atoms with Gasteiger partial charge in [0.25, 0.3) is 0 Å². The Morgan fingerprint density at radius 2 is 1.31 bits per heavy atom. The van der Waals surface area contributed by atoms with Gasteiger partial charge in [-0.25, -0.2) is 4.79 Å². The molecule has 0 bridgehead atoms. The zero-order valence-electron chi connectivity index (χ0n) is 15.6. The highest BCUT2D eigenvalue weighted by molar-refractivity contribution is 5.47. The van der Waals surface area contributed by atoms with E-state index in [9.17, 15) is 4.79 Å². The Hall–Kier alpha value is -3.16. The molecule has 0 unspecified atom stereocenters. The van der Waals surface area contributed by atoms with Crippen LogP contribution in [0.3, 0.4) is 0 Å². The normalized spacial score (nSPS) is 9.08. The van der Waals surface area contributed by atoms with Crippen LogP contribution in [0.4, 0.5) is 11.4 Å². The average Bonchev–Trinajstić information content (AvgIpc) is 2.65. The van der Waals surface area contributed by atoms with Gasteiger partial charge in [-0.05, 0) is 42.7 Å². The number of hydrogen-bond acceptors (Lipinski definition) is 3. The van der Waals surface area contributed by atoms with E-state index in [2.05, 4.69) is 50.0 Å². The first-order valence-corrected chi connectivity index (χ1v) is 8.53. The Bertz CT molecular complexity index is 775. The van der Waals surface area contributed by atoms with Gasteiger partial charge in [0.2, 0.25) is 6.08 Å². The molecule has 0 aliphatic rings. The van der Waals surface area contributed by atoms with Crippen molar-refractivity contribution in [2.45, 2.75) is 26.7 Å². The highest BCUT2D eigenvalue weighted by atomic mass is 16.1. The van der Waals surface area contributed by atoms with E-state index in [4.69, 9.17) is 5.73 Å². The van der Waals surface area contributed by atoms with Crippen molar-refractivity contribution in [3.8, 4) is 0 Å². The first kappa shape index (κ1) is 20.9. The highest BCUT2D eigenvalue weighted by Crippen LogP contribution is 2.14. The lowest BCUT2D eigenvalue weighted by Crippen LogP contribution is -1.88. The molecule has 0 aliphatic heterocycles. The number of nitrogen functional groups attached to an aromatic ring is 1. The minimum Gasteiger partial charge on any atom is -0.399 e. The largest absolute Gasteiger partial charge is 0.399 e. The molecule has 0 atom stereocenters. The molecule has 2 N–H and O–H groups in total. The summed E-state index contributed by atoms with van der Waals surface area (Å²) in [6.07, 6.45) is 1.46. The average molecular weight is 346 g/mol. The van der Waals surface area contributed by atoms with Gasteiger partial charge in [-0.15, -0.1) is 0 Å². The van der Waals surface area contributed by atoms with Gasteiger partial charge in [-0.1, -0.05) is 80.1 Å². The molecule has 3 heteroatoms. The molecule has 134 valence electrons. The van der Waals surface area contributed by atoms with Crippen molar-refractivity contribution in [2.24, 2.45) is 4.99 Å². The lowest BCUT2D eigenvalue weighted by molar-refractivity contribution is 0.565. The number of aliphatic imine (C=N–C) groups is 1. The summed E-state index contributed by atoms with van der Waals surface area (Å²) in [6, 6.07) is 27.3. The zero-order valence-corrected chi connectivity index (χ0v) is 15.6. The van der Waals surface area contributed by atoms with Crippen LogP contribution in [0.15, 0.2) is 89.9 Å². The third-order valence-corrected chi connectivity index (χ3v) is 3.47. The molecule has 0 saturated heterocycles. The lowest BCUT2D eigenvalue weighted by atomic mass is 10.0. The number of hydrogen-bond donors (Lipinski definition) is 1. The van der Waals surface area contributed by atoms with E-state index in [1.165, 1.54) is 17.2 Å². The monoisotopic (exact) mass is 346 g/mol. The van der Waals surface area contributed by atoms with Crippen molar-refractivity contribution in [2.75, 3.05) is 5.73 Å². The van der Waals surface area contributed by atoms with Crippen LogP contribution in [0.25, 0.3) is 0 Å². The van der Waals surface area contributed by atoms with Crippen molar-refractivity contribution in [1.29, 1.82) is 0 Å². The number of isocyanates is 1. The van der Waals surface area contributed by atoms with Crippen molar-refractivity contribution in [3.63, 3.8) is 0 Å².